The van der Waals surface area contributed by atoms with Gasteiger partial charge in [0.05, 0.1) is 11.5 Å². The van der Waals surface area contributed by atoms with Crippen LogP contribution in [0.1, 0.15) is 52.4 Å². The lowest BCUT2D eigenvalue weighted by atomic mass is 10.1. The Kier molecular flexibility index (Phi) is 11.5. The van der Waals surface area contributed by atoms with Crippen LogP contribution in [0.15, 0.2) is 4.99 Å². The van der Waals surface area contributed by atoms with Gasteiger partial charge in [-0.05, 0) is 25.7 Å². The van der Waals surface area contributed by atoms with E-state index >= 15 is 0 Å². The van der Waals surface area contributed by atoms with Gasteiger partial charge in [-0.2, -0.15) is 0 Å². The van der Waals surface area contributed by atoms with Crippen molar-refractivity contribution < 1.29 is 8.42 Å². The quantitative estimate of drug-likeness (QED) is 0.261. The van der Waals surface area contributed by atoms with Crippen LogP contribution in [0.3, 0.4) is 0 Å². The highest BCUT2D eigenvalue weighted by Gasteiger charge is 2.27. The van der Waals surface area contributed by atoms with Gasteiger partial charge in [-0.15, -0.1) is 24.0 Å². The molecule has 1 heterocycles. The van der Waals surface area contributed by atoms with Crippen molar-refractivity contribution >= 4 is 39.8 Å². The van der Waals surface area contributed by atoms with Crippen molar-refractivity contribution in [1.82, 2.24) is 10.6 Å². The number of hydrogen-bond acceptors (Lipinski definition) is 3. The monoisotopic (exact) mass is 445 g/mol. The van der Waals surface area contributed by atoms with Crippen molar-refractivity contribution in [3.63, 3.8) is 0 Å². The second kappa shape index (κ2) is 11.5. The summed E-state index contributed by atoms with van der Waals surface area (Å²) in [4.78, 5) is 4.21. The van der Waals surface area contributed by atoms with Crippen LogP contribution in [0.4, 0.5) is 0 Å². The molecule has 0 radical (unpaired) electrons. The predicted octanol–water partition coefficient (Wildman–Crippen LogP) is 2.56. The number of halogens is 1. The maximum Gasteiger partial charge on any atom is 0.191 e. The maximum atomic E-state index is 11.4. The molecule has 7 heteroatoms. The SMILES string of the molecule is CCCCCCC(C)NC(=NC)NCC1CCS(=O)(=O)C1.I. The first kappa shape index (κ1) is 21.9. The van der Waals surface area contributed by atoms with Crippen LogP contribution in [-0.2, 0) is 9.84 Å². The van der Waals surface area contributed by atoms with Crippen molar-refractivity contribution in [2.75, 3.05) is 25.1 Å². The minimum absolute atomic E-state index is 0. The summed E-state index contributed by atoms with van der Waals surface area (Å²) < 4.78 is 22.9. The largest absolute Gasteiger partial charge is 0.356 e. The Morgan fingerprint density at radius 1 is 1.32 bits per heavy atom. The van der Waals surface area contributed by atoms with Crippen molar-refractivity contribution in [1.29, 1.82) is 0 Å². The van der Waals surface area contributed by atoms with E-state index in [4.69, 9.17) is 0 Å². The molecule has 0 amide bonds. The normalized spacial score (nSPS) is 22.0. The van der Waals surface area contributed by atoms with E-state index in [9.17, 15) is 8.42 Å². The van der Waals surface area contributed by atoms with Crippen LogP contribution in [0.25, 0.3) is 0 Å². The molecule has 0 bridgehead atoms. The van der Waals surface area contributed by atoms with E-state index in [-0.39, 0.29) is 29.9 Å². The van der Waals surface area contributed by atoms with Crippen molar-refractivity contribution in [3.8, 4) is 0 Å². The molecular formula is C15H32IN3O2S. The molecule has 0 aliphatic carbocycles. The summed E-state index contributed by atoms with van der Waals surface area (Å²) in [5, 5.41) is 6.63. The molecule has 1 aliphatic rings. The fourth-order valence-corrected chi connectivity index (χ4v) is 4.51. The number of nitrogens with zero attached hydrogens (tertiary/aromatic N) is 1. The summed E-state index contributed by atoms with van der Waals surface area (Å²) in [5.74, 6) is 1.64. The molecule has 1 aliphatic heterocycles. The highest BCUT2D eigenvalue weighted by atomic mass is 127. The van der Waals surface area contributed by atoms with E-state index in [1.807, 2.05) is 0 Å². The van der Waals surface area contributed by atoms with Gasteiger partial charge in [-0.25, -0.2) is 8.42 Å². The van der Waals surface area contributed by atoms with E-state index in [2.05, 4.69) is 29.5 Å². The molecule has 132 valence electrons. The lowest BCUT2D eigenvalue weighted by Gasteiger charge is -2.19. The van der Waals surface area contributed by atoms with Crippen molar-refractivity contribution in [3.05, 3.63) is 0 Å². The Labute approximate surface area is 153 Å². The molecule has 5 nitrogen and oxygen atoms in total. The molecule has 0 aromatic carbocycles. The number of unbranched alkanes of at least 4 members (excludes halogenated alkanes) is 3. The second-order valence-electron chi connectivity index (χ2n) is 6.12. The summed E-state index contributed by atoms with van der Waals surface area (Å²) in [5.41, 5.74) is 0. The van der Waals surface area contributed by atoms with Crippen LogP contribution < -0.4 is 10.6 Å². The first-order valence-electron chi connectivity index (χ1n) is 8.14. The molecule has 0 aromatic heterocycles. The van der Waals surface area contributed by atoms with E-state index in [1.54, 1.807) is 7.05 Å². The molecule has 1 saturated heterocycles. The molecule has 0 aromatic rings. The van der Waals surface area contributed by atoms with E-state index in [0.29, 0.717) is 24.1 Å². The Morgan fingerprint density at radius 2 is 2.05 bits per heavy atom. The zero-order chi connectivity index (χ0) is 15.7. The molecule has 1 fully saturated rings. The fraction of sp³-hybridized carbons (Fsp3) is 0.933. The Bertz CT molecular complexity index is 427. The van der Waals surface area contributed by atoms with E-state index in [1.165, 1.54) is 25.7 Å². The molecule has 2 atom stereocenters. The van der Waals surface area contributed by atoms with Gasteiger partial charge in [-0.3, -0.25) is 4.99 Å². The second-order valence-corrected chi connectivity index (χ2v) is 8.35. The van der Waals surface area contributed by atoms with Gasteiger partial charge in [0.25, 0.3) is 0 Å². The third-order valence-corrected chi connectivity index (χ3v) is 5.82. The number of aliphatic imine (C=N–C) groups is 1. The van der Waals surface area contributed by atoms with Gasteiger partial charge in [-0.1, -0.05) is 32.6 Å². The van der Waals surface area contributed by atoms with Gasteiger partial charge in [0, 0.05) is 19.6 Å². The average Bonchev–Trinajstić information content (AvgIpc) is 2.79. The van der Waals surface area contributed by atoms with E-state index < -0.39 is 9.84 Å². The topological polar surface area (TPSA) is 70.6 Å². The lowest BCUT2D eigenvalue weighted by Crippen LogP contribution is -2.44. The molecule has 2 N–H and O–H groups in total. The van der Waals surface area contributed by atoms with Crippen LogP contribution in [0.2, 0.25) is 0 Å². The zero-order valence-electron chi connectivity index (χ0n) is 14.1. The molecule has 0 saturated carbocycles. The summed E-state index contributed by atoms with van der Waals surface area (Å²) >= 11 is 0. The first-order valence-corrected chi connectivity index (χ1v) is 9.96. The number of nitrogens with one attached hydrogen (secondary N) is 2. The van der Waals surface area contributed by atoms with Crippen LogP contribution in [0.5, 0.6) is 0 Å². The van der Waals surface area contributed by atoms with Gasteiger partial charge in [0.15, 0.2) is 15.8 Å². The van der Waals surface area contributed by atoms with Crippen molar-refractivity contribution in [2.45, 2.75) is 58.4 Å². The average molecular weight is 445 g/mol. The number of guanidine groups is 1. The third kappa shape index (κ3) is 9.17. The Balaban J connectivity index is 0.00000441. The smallest absolute Gasteiger partial charge is 0.191 e. The van der Waals surface area contributed by atoms with Crippen LogP contribution in [-0.4, -0.2) is 45.5 Å². The Morgan fingerprint density at radius 3 is 2.59 bits per heavy atom. The van der Waals surface area contributed by atoms with E-state index in [0.717, 1.165) is 18.8 Å². The summed E-state index contributed by atoms with van der Waals surface area (Å²) in [7, 11) is -1.04. The molecule has 0 spiro atoms. The van der Waals surface area contributed by atoms with Crippen LogP contribution in [0, 0.1) is 5.92 Å². The molecule has 22 heavy (non-hydrogen) atoms. The summed E-state index contributed by atoms with van der Waals surface area (Å²) in [6.45, 7) is 5.07. The first-order chi connectivity index (χ1) is 9.96. The highest BCUT2D eigenvalue weighted by molar-refractivity contribution is 14.0. The number of sulfone groups is 1. The maximum absolute atomic E-state index is 11.4. The zero-order valence-corrected chi connectivity index (χ0v) is 17.2. The van der Waals surface area contributed by atoms with Crippen LogP contribution >= 0.6 is 24.0 Å². The number of rotatable bonds is 8. The molecule has 1 rings (SSSR count). The summed E-state index contributed by atoms with van der Waals surface area (Å²) in [6, 6.07) is 0.389. The minimum Gasteiger partial charge on any atom is -0.356 e. The fourth-order valence-electron chi connectivity index (χ4n) is 2.65. The van der Waals surface area contributed by atoms with Gasteiger partial charge >= 0.3 is 0 Å². The minimum atomic E-state index is -2.79. The standard InChI is InChI=1S/C15H31N3O2S.HI/c1-4-5-6-7-8-13(2)18-15(16-3)17-11-14-9-10-21(19,20)12-14;/h13-14H,4-12H2,1-3H3,(H2,16,17,18);1H. The molecular weight excluding hydrogens is 413 g/mol. The summed E-state index contributed by atoms with van der Waals surface area (Å²) in [6.07, 6.45) is 6.98. The lowest BCUT2D eigenvalue weighted by molar-refractivity contribution is 0.526. The Hall–Kier alpha value is -0.0500. The van der Waals surface area contributed by atoms with Crippen molar-refractivity contribution in [2.24, 2.45) is 10.9 Å². The predicted molar refractivity (Wildman–Crippen MR) is 105 cm³/mol. The third-order valence-electron chi connectivity index (χ3n) is 3.98. The molecule has 2 unspecified atom stereocenters. The van der Waals surface area contributed by atoms with Gasteiger partial charge < -0.3 is 10.6 Å². The number of hydrogen-bond donors (Lipinski definition) is 2. The van der Waals surface area contributed by atoms with Gasteiger partial charge in [0.2, 0.25) is 0 Å². The van der Waals surface area contributed by atoms with Gasteiger partial charge in [0.1, 0.15) is 0 Å². The highest BCUT2D eigenvalue weighted by Crippen LogP contribution is 2.17.